The summed E-state index contributed by atoms with van der Waals surface area (Å²) in [4.78, 5) is 16.9. The number of H-pyrrole nitrogens is 1. The predicted molar refractivity (Wildman–Crippen MR) is 61.4 cm³/mol. The van der Waals surface area contributed by atoms with Gasteiger partial charge in [-0.2, -0.15) is 0 Å². The van der Waals surface area contributed by atoms with Crippen molar-refractivity contribution in [3.05, 3.63) is 24.0 Å². The summed E-state index contributed by atoms with van der Waals surface area (Å²) in [7, 11) is 0. The standard InChI is InChI=1S/C12H18N2O2/c15-9-10-4-1-2-7-14(10)8-12(16)11-5-3-6-13-11/h3,5-6,10,13,15H,1-2,4,7-9H2. The molecule has 1 aliphatic heterocycles. The van der Waals surface area contributed by atoms with E-state index in [2.05, 4.69) is 9.88 Å². The summed E-state index contributed by atoms with van der Waals surface area (Å²) in [5.74, 6) is 0.102. The number of Topliss-reactive ketones (excluding diaryl/α,β-unsaturated/α-hetero) is 1. The zero-order valence-electron chi connectivity index (χ0n) is 9.35. The normalized spacial score (nSPS) is 22.2. The third-order valence-corrected chi connectivity index (χ3v) is 3.20. The van der Waals surface area contributed by atoms with Gasteiger partial charge in [-0.25, -0.2) is 0 Å². The molecule has 0 radical (unpaired) electrons. The molecule has 2 N–H and O–H groups in total. The molecule has 1 fully saturated rings. The molecule has 0 saturated carbocycles. The molecule has 0 bridgehead atoms. The number of carbonyl (C=O) groups is 1. The van der Waals surface area contributed by atoms with Crippen LogP contribution in [0.3, 0.4) is 0 Å². The molecule has 16 heavy (non-hydrogen) atoms. The number of aromatic nitrogens is 1. The second kappa shape index (κ2) is 5.27. The number of aliphatic hydroxyl groups excluding tert-OH is 1. The molecule has 0 spiro atoms. The number of hydrogen-bond donors (Lipinski definition) is 2. The first kappa shape index (κ1) is 11.4. The topological polar surface area (TPSA) is 56.3 Å². The average Bonchev–Trinajstić information content (AvgIpc) is 2.83. The number of likely N-dealkylation sites (tertiary alicyclic amines) is 1. The third kappa shape index (κ3) is 2.51. The van der Waals surface area contributed by atoms with Crippen molar-refractivity contribution in [3.63, 3.8) is 0 Å². The van der Waals surface area contributed by atoms with E-state index in [9.17, 15) is 9.90 Å². The van der Waals surface area contributed by atoms with E-state index in [0.29, 0.717) is 12.2 Å². The fourth-order valence-electron chi connectivity index (χ4n) is 2.25. The summed E-state index contributed by atoms with van der Waals surface area (Å²) < 4.78 is 0. The van der Waals surface area contributed by atoms with Crippen LogP contribution in [0.4, 0.5) is 0 Å². The minimum Gasteiger partial charge on any atom is -0.395 e. The summed E-state index contributed by atoms with van der Waals surface area (Å²) in [6.45, 7) is 1.47. The van der Waals surface area contributed by atoms with Crippen LogP contribution in [0.5, 0.6) is 0 Å². The lowest BCUT2D eigenvalue weighted by Crippen LogP contribution is -2.44. The molecule has 4 heteroatoms. The van der Waals surface area contributed by atoms with Crippen LogP contribution >= 0.6 is 0 Å². The van der Waals surface area contributed by atoms with Crippen molar-refractivity contribution >= 4 is 5.78 Å². The van der Waals surface area contributed by atoms with Crippen LogP contribution in [-0.4, -0.2) is 46.5 Å². The predicted octanol–water partition coefficient (Wildman–Crippen LogP) is 1.04. The molecule has 0 aliphatic carbocycles. The van der Waals surface area contributed by atoms with E-state index in [-0.39, 0.29) is 18.4 Å². The van der Waals surface area contributed by atoms with Gasteiger partial charge in [-0.3, -0.25) is 9.69 Å². The van der Waals surface area contributed by atoms with Gasteiger partial charge < -0.3 is 10.1 Å². The number of carbonyl (C=O) groups excluding carboxylic acids is 1. The highest BCUT2D eigenvalue weighted by molar-refractivity contribution is 5.95. The van der Waals surface area contributed by atoms with Crippen molar-refractivity contribution in [3.8, 4) is 0 Å². The number of rotatable bonds is 4. The lowest BCUT2D eigenvalue weighted by Gasteiger charge is -2.33. The smallest absolute Gasteiger partial charge is 0.192 e. The van der Waals surface area contributed by atoms with Crippen LogP contribution in [0.1, 0.15) is 29.8 Å². The summed E-state index contributed by atoms with van der Waals surface area (Å²) in [6, 6.07) is 3.78. The summed E-state index contributed by atoms with van der Waals surface area (Å²) in [5, 5.41) is 9.24. The van der Waals surface area contributed by atoms with Crippen molar-refractivity contribution in [1.29, 1.82) is 0 Å². The Morgan fingerprint density at radius 3 is 3.12 bits per heavy atom. The number of hydrogen-bond acceptors (Lipinski definition) is 3. The van der Waals surface area contributed by atoms with E-state index in [1.807, 2.05) is 6.07 Å². The van der Waals surface area contributed by atoms with Crippen molar-refractivity contribution < 1.29 is 9.90 Å². The summed E-state index contributed by atoms with van der Waals surface area (Å²) >= 11 is 0. The number of nitrogens with zero attached hydrogens (tertiary/aromatic N) is 1. The molecule has 1 aromatic heterocycles. The molecule has 1 aliphatic rings. The van der Waals surface area contributed by atoms with Gasteiger partial charge in [0, 0.05) is 12.2 Å². The second-order valence-corrected chi connectivity index (χ2v) is 4.31. The second-order valence-electron chi connectivity index (χ2n) is 4.31. The SMILES string of the molecule is O=C(CN1CCCCC1CO)c1ccc[nH]1. The molecular formula is C12H18N2O2. The molecule has 0 aromatic carbocycles. The molecule has 0 amide bonds. The van der Waals surface area contributed by atoms with E-state index in [1.165, 1.54) is 0 Å². The fraction of sp³-hybridized carbons (Fsp3) is 0.583. The highest BCUT2D eigenvalue weighted by Crippen LogP contribution is 2.16. The molecule has 2 heterocycles. The average molecular weight is 222 g/mol. The van der Waals surface area contributed by atoms with Gasteiger partial charge >= 0.3 is 0 Å². The van der Waals surface area contributed by atoms with Crippen molar-refractivity contribution in [2.75, 3.05) is 19.7 Å². The van der Waals surface area contributed by atoms with Gasteiger partial charge in [-0.1, -0.05) is 6.42 Å². The van der Waals surface area contributed by atoms with Gasteiger partial charge in [0.25, 0.3) is 0 Å². The fourth-order valence-corrected chi connectivity index (χ4v) is 2.25. The Labute approximate surface area is 95.3 Å². The Kier molecular flexibility index (Phi) is 3.74. The van der Waals surface area contributed by atoms with E-state index in [4.69, 9.17) is 0 Å². The van der Waals surface area contributed by atoms with Crippen LogP contribution in [0.2, 0.25) is 0 Å². The Morgan fingerprint density at radius 1 is 1.56 bits per heavy atom. The van der Waals surface area contributed by atoms with Gasteiger partial charge in [0.1, 0.15) is 0 Å². The quantitative estimate of drug-likeness (QED) is 0.748. The number of aromatic amines is 1. The summed E-state index contributed by atoms with van der Waals surface area (Å²) in [5.41, 5.74) is 0.655. The molecule has 1 aromatic rings. The zero-order valence-corrected chi connectivity index (χ0v) is 9.35. The van der Waals surface area contributed by atoms with E-state index in [1.54, 1.807) is 12.3 Å². The maximum atomic E-state index is 11.9. The van der Waals surface area contributed by atoms with E-state index < -0.39 is 0 Å². The minimum absolute atomic E-state index is 0.102. The molecule has 1 saturated heterocycles. The molecule has 1 unspecified atom stereocenters. The summed E-state index contributed by atoms with van der Waals surface area (Å²) in [6.07, 6.45) is 5.02. The van der Waals surface area contributed by atoms with Gasteiger partial charge in [0.05, 0.1) is 18.8 Å². The van der Waals surface area contributed by atoms with Gasteiger partial charge in [0.15, 0.2) is 5.78 Å². The van der Waals surface area contributed by atoms with Gasteiger partial charge in [-0.05, 0) is 31.5 Å². The van der Waals surface area contributed by atoms with E-state index >= 15 is 0 Å². The molecule has 88 valence electrons. The maximum absolute atomic E-state index is 11.9. The highest BCUT2D eigenvalue weighted by Gasteiger charge is 2.23. The third-order valence-electron chi connectivity index (χ3n) is 3.20. The van der Waals surface area contributed by atoms with Gasteiger partial charge in [-0.15, -0.1) is 0 Å². The Bertz CT molecular complexity index is 335. The molecule has 1 atom stereocenters. The van der Waals surface area contributed by atoms with Crippen molar-refractivity contribution in [2.24, 2.45) is 0 Å². The van der Waals surface area contributed by atoms with E-state index in [0.717, 1.165) is 25.8 Å². The molecular weight excluding hydrogens is 204 g/mol. The molecule has 4 nitrogen and oxygen atoms in total. The zero-order chi connectivity index (χ0) is 11.4. The lowest BCUT2D eigenvalue weighted by molar-refractivity contribution is 0.0708. The minimum atomic E-state index is 0.102. The van der Waals surface area contributed by atoms with Gasteiger partial charge in [0.2, 0.25) is 0 Å². The number of piperidine rings is 1. The first-order valence-corrected chi connectivity index (χ1v) is 5.83. The Hall–Kier alpha value is -1.13. The van der Waals surface area contributed by atoms with Crippen LogP contribution < -0.4 is 0 Å². The monoisotopic (exact) mass is 222 g/mol. The first-order chi connectivity index (χ1) is 7.81. The first-order valence-electron chi connectivity index (χ1n) is 5.83. The number of aliphatic hydroxyl groups is 1. The highest BCUT2D eigenvalue weighted by atomic mass is 16.3. The van der Waals surface area contributed by atoms with Crippen LogP contribution in [0, 0.1) is 0 Å². The van der Waals surface area contributed by atoms with Crippen LogP contribution in [0.15, 0.2) is 18.3 Å². The van der Waals surface area contributed by atoms with Crippen molar-refractivity contribution in [2.45, 2.75) is 25.3 Å². The van der Waals surface area contributed by atoms with Crippen LogP contribution in [-0.2, 0) is 0 Å². The van der Waals surface area contributed by atoms with Crippen LogP contribution in [0.25, 0.3) is 0 Å². The number of nitrogens with one attached hydrogen (secondary N) is 1. The lowest BCUT2D eigenvalue weighted by atomic mass is 10.0. The molecule has 2 rings (SSSR count). The Balaban J connectivity index is 1.95. The van der Waals surface area contributed by atoms with Crippen molar-refractivity contribution in [1.82, 2.24) is 9.88 Å². The number of ketones is 1. The Morgan fingerprint density at radius 2 is 2.44 bits per heavy atom. The largest absolute Gasteiger partial charge is 0.395 e. The maximum Gasteiger partial charge on any atom is 0.192 e.